The fourth-order valence-electron chi connectivity index (χ4n) is 0.890. The number of carbonyl (C=O) groups excluding carboxylic acids is 1. The molecule has 0 fully saturated rings. The number of carbonyl (C=O) groups is 1. The van der Waals surface area contributed by atoms with E-state index in [1.54, 1.807) is 17.9 Å². The molecule has 0 saturated carbocycles. The zero-order valence-electron chi connectivity index (χ0n) is 7.15. The van der Waals surface area contributed by atoms with Crippen LogP contribution in [-0.4, -0.2) is 34.5 Å². The van der Waals surface area contributed by atoms with Crippen molar-refractivity contribution < 1.29 is 9.53 Å². The summed E-state index contributed by atoms with van der Waals surface area (Å²) in [6, 6.07) is 0. The Labute approximate surface area is 70.3 Å². The quantitative estimate of drug-likeness (QED) is 0.614. The Morgan fingerprint density at radius 2 is 2.50 bits per heavy atom. The Bertz CT molecular complexity index is 269. The summed E-state index contributed by atoms with van der Waals surface area (Å²) < 4.78 is 6.24. The van der Waals surface area contributed by atoms with Crippen LogP contribution in [0.2, 0.25) is 0 Å². The average molecular weight is 169 g/mol. The van der Waals surface area contributed by atoms with Gasteiger partial charge in [-0.05, 0) is 0 Å². The number of Topliss-reactive ketones (excluding diaryl/α,β-unsaturated/α-hetero) is 1. The van der Waals surface area contributed by atoms with E-state index in [1.807, 2.05) is 0 Å². The first kappa shape index (κ1) is 8.86. The smallest absolute Gasteiger partial charge is 0.164 e. The second-order valence-corrected chi connectivity index (χ2v) is 2.53. The molecule has 0 N–H and O–H groups in total. The van der Waals surface area contributed by atoms with Gasteiger partial charge >= 0.3 is 0 Å². The molecule has 0 amide bonds. The van der Waals surface area contributed by atoms with E-state index in [1.165, 1.54) is 7.11 Å². The predicted molar refractivity (Wildman–Crippen MR) is 41.6 cm³/mol. The van der Waals surface area contributed by atoms with E-state index in [-0.39, 0.29) is 12.4 Å². The SMILES string of the molecule is COCC(=O)Cc1cn(C)nn1. The normalized spacial score (nSPS) is 10.2. The lowest BCUT2D eigenvalue weighted by atomic mass is 10.2. The molecular formula is C7H11N3O2. The van der Waals surface area contributed by atoms with Gasteiger partial charge in [-0.25, -0.2) is 0 Å². The molecule has 0 aliphatic heterocycles. The Balaban J connectivity index is 2.46. The van der Waals surface area contributed by atoms with Crippen molar-refractivity contribution in [3.8, 4) is 0 Å². The third-order valence-corrected chi connectivity index (χ3v) is 1.33. The van der Waals surface area contributed by atoms with E-state index in [2.05, 4.69) is 15.0 Å². The molecule has 0 saturated heterocycles. The lowest BCUT2D eigenvalue weighted by molar-refractivity contribution is -0.122. The summed E-state index contributed by atoms with van der Waals surface area (Å²) in [5.41, 5.74) is 0.680. The number of aryl methyl sites for hydroxylation is 1. The van der Waals surface area contributed by atoms with Crippen molar-refractivity contribution in [1.29, 1.82) is 0 Å². The zero-order valence-corrected chi connectivity index (χ0v) is 7.15. The highest BCUT2D eigenvalue weighted by Crippen LogP contribution is 1.93. The molecule has 0 radical (unpaired) electrons. The minimum Gasteiger partial charge on any atom is -0.377 e. The van der Waals surface area contributed by atoms with Gasteiger partial charge in [-0.15, -0.1) is 5.10 Å². The Morgan fingerprint density at radius 1 is 1.75 bits per heavy atom. The highest BCUT2D eigenvalue weighted by atomic mass is 16.5. The second-order valence-electron chi connectivity index (χ2n) is 2.53. The van der Waals surface area contributed by atoms with Crippen LogP contribution in [0, 0.1) is 0 Å². The standard InChI is InChI=1S/C7H11N3O2/c1-10-4-6(8-9-10)3-7(11)5-12-2/h4H,3,5H2,1-2H3. The average Bonchev–Trinajstić information content (AvgIpc) is 2.36. The van der Waals surface area contributed by atoms with Crippen molar-refractivity contribution in [3.05, 3.63) is 11.9 Å². The first-order valence-electron chi connectivity index (χ1n) is 3.58. The van der Waals surface area contributed by atoms with Crippen molar-refractivity contribution in [1.82, 2.24) is 15.0 Å². The molecule has 66 valence electrons. The molecule has 0 unspecified atom stereocenters. The molecule has 1 aromatic heterocycles. The van der Waals surface area contributed by atoms with Gasteiger partial charge < -0.3 is 4.74 Å². The van der Waals surface area contributed by atoms with Crippen LogP contribution in [0.15, 0.2) is 6.20 Å². The van der Waals surface area contributed by atoms with Crippen LogP contribution in [0.3, 0.4) is 0 Å². The highest BCUT2D eigenvalue weighted by molar-refractivity contribution is 5.81. The molecule has 0 bridgehead atoms. The van der Waals surface area contributed by atoms with Crippen molar-refractivity contribution in [2.24, 2.45) is 7.05 Å². The molecule has 0 spiro atoms. The summed E-state index contributed by atoms with van der Waals surface area (Å²) in [4.78, 5) is 11.0. The molecule has 1 aromatic rings. The van der Waals surface area contributed by atoms with Gasteiger partial charge in [0, 0.05) is 20.4 Å². The minimum absolute atomic E-state index is 0.0120. The number of methoxy groups -OCH3 is 1. The monoisotopic (exact) mass is 169 g/mol. The second kappa shape index (κ2) is 3.96. The molecule has 0 aliphatic rings. The Hall–Kier alpha value is -1.23. The fraction of sp³-hybridized carbons (Fsp3) is 0.571. The van der Waals surface area contributed by atoms with Gasteiger partial charge in [-0.3, -0.25) is 9.48 Å². The largest absolute Gasteiger partial charge is 0.377 e. The minimum atomic E-state index is 0.0120. The van der Waals surface area contributed by atoms with Gasteiger partial charge in [-0.1, -0.05) is 5.21 Å². The van der Waals surface area contributed by atoms with E-state index in [0.29, 0.717) is 12.1 Å². The van der Waals surface area contributed by atoms with Crippen molar-refractivity contribution >= 4 is 5.78 Å². The van der Waals surface area contributed by atoms with Crippen LogP contribution in [0.25, 0.3) is 0 Å². The molecule has 0 atom stereocenters. The number of rotatable bonds is 4. The molecule has 5 nitrogen and oxygen atoms in total. The molecule has 0 aliphatic carbocycles. The maximum atomic E-state index is 11.0. The third-order valence-electron chi connectivity index (χ3n) is 1.33. The van der Waals surface area contributed by atoms with Crippen LogP contribution < -0.4 is 0 Å². The first-order chi connectivity index (χ1) is 5.72. The number of hydrogen-bond acceptors (Lipinski definition) is 4. The first-order valence-corrected chi connectivity index (χ1v) is 3.58. The van der Waals surface area contributed by atoms with Crippen LogP contribution in [0.5, 0.6) is 0 Å². The number of ether oxygens (including phenoxy) is 1. The summed E-state index contributed by atoms with van der Waals surface area (Å²) in [6.45, 7) is 0.135. The third kappa shape index (κ3) is 2.43. The summed E-state index contributed by atoms with van der Waals surface area (Å²) in [6.07, 6.45) is 2.01. The Morgan fingerprint density at radius 3 is 3.00 bits per heavy atom. The summed E-state index contributed by atoms with van der Waals surface area (Å²) in [5.74, 6) is 0.0120. The number of ketones is 1. The van der Waals surface area contributed by atoms with Gasteiger partial charge in [0.2, 0.25) is 0 Å². The van der Waals surface area contributed by atoms with E-state index >= 15 is 0 Å². The maximum absolute atomic E-state index is 11.0. The fourth-order valence-corrected chi connectivity index (χ4v) is 0.890. The van der Waals surface area contributed by atoms with Crippen LogP contribution >= 0.6 is 0 Å². The van der Waals surface area contributed by atoms with E-state index < -0.39 is 0 Å². The van der Waals surface area contributed by atoms with Crippen LogP contribution in [0.1, 0.15) is 5.69 Å². The summed E-state index contributed by atoms with van der Waals surface area (Å²) >= 11 is 0. The van der Waals surface area contributed by atoms with Gasteiger partial charge in [0.1, 0.15) is 6.61 Å². The van der Waals surface area contributed by atoms with Gasteiger partial charge in [0.05, 0.1) is 12.1 Å². The zero-order chi connectivity index (χ0) is 8.97. The molecule has 1 heterocycles. The van der Waals surface area contributed by atoms with Crippen molar-refractivity contribution in [2.45, 2.75) is 6.42 Å². The lowest BCUT2D eigenvalue weighted by Gasteiger charge is -1.93. The lowest BCUT2D eigenvalue weighted by Crippen LogP contribution is -2.09. The summed E-state index contributed by atoms with van der Waals surface area (Å²) in [5, 5.41) is 7.48. The molecule has 1 rings (SSSR count). The van der Waals surface area contributed by atoms with E-state index in [9.17, 15) is 4.79 Å². The highest BCUT2D eigenvalue weighted by Gasteiger charge is 2.05. The maximum Gasteiger partial charge on any atom is 0.164 e. The topological polar surface area (TPSA) is 57.0 Å². The Kier molecular flexibility index (Phi) is 2.93. The van der Waals surface area contributed by atoms with E-state index in [0.717, 1.165) is 0 Å². The van der Waals surface area contributed by atoms with Gasteiger partial charge in [0.25, 0.3) is 0 Å². The number of hydrogen-bond donors (Lipinski definition) is 0. The number of nitrogens with zero attached hydrogens (tertiary/aromatic N) is 3. The van der Waals surface area contributed by atoms with Gasteiger partial charge in [-0.2, -0.15) is 0 Å². The van der Waals surface area contributed by atoms with Gasteiger partial charge in [0.15, 0.2) is 5.78 Å². The van der Waals surface area contributed by atoms with Crippen molar-refractivity contribution in [3.63, 3.8) is 0 Å². The van der Waals surface area contributed by atoms with Crippen molar-refractivity contribution in [2.75, 3.05) is 13.7 Å². The molecule has 0 aromatic carbocycles. The number of aromatic nitrogens is 3. The predicted octanol–water partition coefficient (Wildman–Crippen LogP) is -0.427. The molecular weight excluding hydrogens is 158 g/mol. The van der Waals surface area contributed by atoms with Crippen LogP contribution in [0.4, 0.5) is 0 Å². The molecule has 5 heteroatoms. The van der Waals surface area contributed by atoms with Crippen LogP contribution in [-0.2, 0) is 23.0 Å². The van der Waals surface area contributed by atoms with E-state index in [4.69, 9.17) is 0 Å². The summed E-state index contributed by atoms with van der Waals surface area (Å²) in [7, 11) is 3.26. The molecule has 12 heavy (non-hydrogen) atoms.